The number of benzene rings is 2. The van der Waals surface area contributed by atoms with Gasteiger partial charge >= 0.3 is 11.7 Å². The van der Waals surface area contributed by atoms with Gasteiger partial charge in [0.15, 0.2) is 12.4 Å². The molecule has 0 bridgehead atoms. The largest absolute Gasteiger partial charge is 0.487 e. The zero-order chi connectivity index (χ0) is 20.7. The Morgan fingerprint density at radius 1 is 1.18 bits per heavy atom. The van der Waals surface area contributed by atoms with Crippen LogP contribution in [0.25, 0.3) is 0 Å². The van der Waals surface area contributed by atoms with Crippen LogP contribution in [0.3, 0.4) is 0 Å². The van der Waals surface area contributed by atoms with E-state index in [1.807, 2.05) is 0 Å². The Bertz CT molecular complexity index is 869. The van der Waals surface area contributed by atoms with Gasteiger partial charge in [-0.3, -0.25) is 14.9 Å². The summed E-state index contributed by atoms with van der Waals surface area (Å²) in [7, 11) is 1.58. The van der Waals surface area contributed by atoms with Crippen molar-refractivity contribution in [1.82, 2.24) is 4.90 Å². The third-order valence-electron chi connectivity index (χ3n) is 3.78. The number of nitro groups is 1. The first kappa shape index (κ1) is 21.2. The van der Waals surface area contributed by atoms with Gasteiger partial charge in [-0.05, 0) is 36.8 Å². The van der Waals surface area contributed by atoms with Crippen molar-refractivity contribution in [3.8, 4) is 5.75 Å². The van der Waals surface area contributed by atoms with Gasteiger partial charge in [0.05, 0.1) is 17.1 Å². The van der Waals surface area contributed by atoms with Crippen LogP contribution in [0.2, 0.25) is 5.02 Å². The molecule has 0 spiro atoms. The van der Waals surface area contributed by atoms with E-state index in [0.717, 1.165) is 11.6 Å². The molecule has 0 unspecified atom stereocenters. The summed E-state index contributed by atoms with van der Waals surface area (Å²) in [6, 6.07) is 10.8. The quantitative estimate of drug-likeness (QED) is 0.378. The number of carbonyl (C=O) groups is 2. The van der Waals surface area contributed by atoms with E-state index in [1.165, 1.54) is 17.0 Å². The molecule has 0 heterocycles. The van der Waals surface area contributed by atoms with E-state index in [4.69, 9.17) is 21.1 Å². The van der Waals surface area contributed by atoms with Crippen LogP contribution in [0.5, 0.6) is 5.75 Å². The molecule has 28 heavy (non-hydrogen) atoms. The highest BCUT2D eigenvalue weighted by Crippen LogP contribution is 2.28. The van der Waals surface area contributed by atoms with E-state index in [0.29, 0.717) is 11.6 Å². The molecule has 0 atom stereocenters. The van der Waals surface area contributed by atoms with Crippen molar-refractivity contribution >= 4 is 29.2 Å². The predicted molar refractivity (Wildman–Crippen MR) is 102 cm³/mol. The Kier molecular flexibility index (Phi) is 7.34. The average molecular weight is 407 g/mol. The van der Waals surface area contributed by atoms with Gasteiger partial charge in [-0.25, -0.2) is 4.79 Å². The van der Waals surface area contributed by atoms with E-state index in [2.05, 4.69) is 0 Å². The summed E-state index contributed by atoms with van der Waals surface area (Å²) >= 11 is 5.82. The van der Waals surface area contributed by atoms with Gasteiger partial charge in [0.1, 0.15) is 0 Å². The van der Waals surface area contributed by atoms with Crippen molar-refractivity contribution in [2.24, 2.45) is 0 Å². The maximum Gasteiger partial charge on any atom is 0.338 e. The van der Waals surface area contributed by atoms with Crippen LogP contribution in [0.4, 0.5) is 5.69 Å². The Balaban J connectivity index is 1.97. The number of nitro benzene ring substituents is 1. The van der Waals surface area contributed by atoms with E-state index in [-0.39, 0.29) is 23.6 Å². The highest BCUT2D eigenvalue weighted by molar-refractivity contribution is 6.30. The number of hydrogen-bond donors (Lipinski definition) is 0. The second-order valence-electron chi connectivity index (χ2n) is 5.83. The van der Waals surface area contributed by atoms with Gasteiger partial charge in [-0.1, -0.05) is 23.7 Å². The lowest BCUT2D eigenvalue weighted by Gasteiger charge is -2.17. The van der Waals surface area contributed by atoms with Gasteiger partial charge in [0, 0.05) is 24.7 Å². The molecule has 0 N–H and O–H groups in total. The van der Waals surface area contributed by atoms with E-state index in [1.54, 1.807) is 38.2 Å². The van der Waals surface area contributed by atoms with Gasteiger partial charge in [0.25, 0.3) is 5.91 Å². The smallest absolute Gasteiger partial charge is 0.338 e. The number of esters is 1. The van der Waals surface area contributed by atoms with Crippen molar-refractivity contribution in [1.29, 1.82) is 0 Å². The Morgan fingerprint density at radius 2 is 1.86 bits per heavy atom. The lowest BCUT2D eigenvalue weighted by atomic mass is 10.2. The second-order valence-corrected chi connectivity index (χ2v) is 6.26. The van der Waals surface area contributed by atoms with Gasteiger partial charge < -0.3 is 14.4 Å². The van der Waals surface area contributed by atoms with Crippen LogP contribution in [-0.2, 0) is 16.1 Å². The molecule has 9 heteroatoms. The maximum atomic E-state index is 12.2. The molecule has 0 aromatic heterocycles. The fourth-order valence-corrected chi connectivity index (χ4v) is 2.46. The fourth-order valence-electron chi connectivity index (χ4n) is 2.34. The van der Waals surface area contributed by atoms with E-state index >= 15 is 0 Å². The number of rotatable bonds is 8. The van der Waals surface area contributed by atoms with E-state index in [9.17, 15) is 19.7 Å². The number of amides is 1. The summed E-state index contributed by atoms with van der Waals surface area (Å²) in [5, 5.41) is 11.7. The zero-order valence-corrected chi connectivity index (χ0v) is 16.1. The minimum Gasteiger partial charge on any atom is -0.487 e. The lowest BCUT2D eigenvalue weighted by Crippen LogP contribution is -2.30. The number of halogens is 1. The molecule has 148 valence electrons. The molecule has 0 fully saturated rings. The minimum atomic E-state index is -0.834. The van der Waals surface area contributed by atoms with Crippen LogP contribution in [0, 0.1) is 10.1 Å². The number of carbonyl (C=O) groups excluding carboxylic acids is 2. The first-order chi connectivity index (χ1) is 13.3. The Morgan fingerprint density at radius 3 is 2.46 bits per heavy atom. The Hall–Kier alpha value is -3.13. The number of hydrogen-bond acceptors (Lipinski definition) is 6. The third-order valence-corrected chi connectivity index (χ3v) is 4.03. The molecule has 8 nitrogen and oxygen atoms in total. The summed E-state index contributed by atoms with van der Waals surface area (Å²) in [5.41, 5.74) is 0.486. The summed E-state index contributed by atoms with van der Waals surface area (Å²) in [6.07, 6.45) is 0. The molecule has 0 aliphatic rings. The molecule has 2 rings (SSSR count). The second kappa shape index (κ2) is 9.70. The molecule has 0 aliphatic heterocycles. The minimum absolute atomic E-state index is 0.0386. The molecular formula is C19H19ClN2O6. The average Bonchev–Trinajstić information content (AvgIpc) is 2.67. The van der Waals surface area contributed by atoms with Crippen molar-refractivity contribution in [2.75, 3.05) is 20.3 Å². The first-order valence-corrected chi connectivity index (χ1v) is 8.76. The molecule has 0 aliphatic carbocycles. The van der Waals surface area contributed by atoms with Crippen molar-refractivity contribution in [3.63, 3.8) is 0 Å². The Labute approximate surface area is 166 Å². The molecule has 0 saturated carbocycles. The predicted octanol–water partition coefficient (Wildman–Crippen LogP) is 3.46. The van der Waals surface area contributed by atoms with Crippen LogP contribution in [0.1, 0.15) is 22.8 Å². The van der Waals surface area contributed by atoms with Crippen LogP contribution >= 0.6 is 11.6 Å². The highest BCUT2D eigenvalue weighted by Gasteiger charge is 2.20. The number of nitrogens with zero attached hydrogens (tertiary/aromatic N) is 2. The zero-order valence-electron chi connectivity index (χ0n) is 15.4. The summed E-state index contributed by atoms with van der Waals surface area (Å²) in [5.74, 6) is -1.19. The van der Waals surface area contributed by atoms with Gasteiger partial charge in [-0.2, -0.15) is 0 Å². The third kappa shape index (κ3) is 5.68. The van der Waals surface area contributed by atoms with Crippen molar-refractivity contribution < 1.29 is 24.0 Å². The first-order valence-electron chi connectivity index (χ1n) is 8.38. The molecule has 1 amide bonds. The maximum absolute atomic E-state index is 12.2. The van der Waals surface area contributed by atoms with Crippen LogP contribution in [-0.4, -0.2) is 42.0 Å². The summed E-state index contributed by atoms with van der Waals surface area (Å²) in [6.45, 7) is 1.78. The van der Waals surface area contributed by atoms with Crippen LogP contribution in [0.15, 0.2) is 42.5 Å². The summed E-state index contributed by atoms with van der Waals surface area (Å²) < 4.78 is 10.2. The number of likely N-dealkylation sites (N-methyl/N-ethyl adjacent to an activating group) is 1. The standard InChI is InChI=1S/C19H19ClN2O6/c1-3-27-17-9-6-14(10-16(17)22(25)26)19(24)28-12-18(23)21(2)11-13-4-7-15(20)8-5-13/h4-10H,3,11-12H2,1-2H3. The monoisotopic (exact) mass is 406 g/mol. The molecule has 2 aromatic carbocycles. The molecule has 2 aromatic rings. The summed E-state index contributed by atoms with van der Waals surface area (Å²) in [4.78, 5) is 36.2. The number of ether oxygens (including phenoxy) is 2. The molecule has 0 saturated heterocycles. The van der Waals surface area contributed by atoms with Crippen LogP contribution < -0.4 is 4.74 Å². The fraction of sp³-hybridized carbons (Fsp3) is 0.263. The van der Waals surface area contributed by atoms with E-state index < -0.39 is 23.4 Å². The van der Waals surface area contributed by atoms with Gasteiger partial charge in [-0.15, -0.1) is 0 Å². The van der Waals surface area contributed by atoms with Crippen molar-refractivity contribution in [2.45, 2.75) is 13.5 Å². The lowest BCUT2D eigenvalue weighted by molar-refractivity contribution is -0.385. The van der Waals surface area contributed by atoms with Crippen molar-refractivity contribution in [3.05, 3.63) is 68.7 Å². The van der Waals surface area contributed by atoms with Gasteiger partial charge in [0.2, 0.25) is 0 Å². The SMILES string of the molecule is CCOc1ccc(C(=O)OCC(=O)N(C)Cc2ccc(Cl)cc2)cc1[N+](=O)[O-]. The topological polar surface area (TPSA) is 99.0 Å². The normalized spacial score (nSPS) is 10.2. The molecule has 0 radical (unpaired) electrons. The molecular weight excluding hydrogens is 388 g/mol. The highest BCUT2D eigenvalue weighted by atomic mass is 35.5.